The number of aromatic nitrogens is 1. The van der Waals surface area contributed by atoms with Gasteiger partial charge in [-0.05, 0) is 77.5 Å². The molecule has 1 N–H and O–H groups in total. The summed E-state index contributed by atoms with van der Waals surface area (Å²) in [7, 11) is 0. The molecule has 0 atom stereocenters. The van der Waals surface area contributed by atoms with E-state index in [-0.39, 0.29) is 5.91 Å². The number of carbonyl (C=O) groups excluding carboxylic acids is 1. The summed E-state index contributed by atoms with van der Waals surface area (Å²) < 4.78 is 2.19. The molecular formula is C21H14ClIN2OS. The Morgan fingerprint density at radius 3 is 2.70 bits per heavy atom. The van der Waals surface area contributed by atoms with Gasteiger partial charge in [0.05, 0.1) is 26.5 Å². The molecule has 4 rings (SSSR count). The largest absolute Gasteiger partial charge is 0.321 e. The SMILES string of the molecule is Cc1ccc(C(=O)Nc2ccc(I)cc2-c2nc3ccccc3s2)c(Cl)c1. The summed E-state index contributed by atoms with van der Waals surface area (Å²) in [5.41, 5.74) is 4.04. The van der Waals surface area contributed by atoms with Crippen molar-refractivity contribution in [2.24, 2.45) is 0 Å². The second-order valence-corrected chi connectivity index (χ2v) is 8.80. The Hall–Kier alpha value is -1.96. The maximum atomic E-state index is 12.8. The van der Waals surface area contributed by atoms with Gasteiger partial charge in [0.1, 0.15) is 5.01 Å². The molecule has 0 bridgehead atoms. The number of benzene rings is 3. The average Bonchev–Trinajstić information content (AvgIpc) is 3.07. The van der Waals surface area contributed by atoms with Crippen molar-refractivity contribution in [1.82, 2.24) is 4.98 Å². The molecule has 27 heavy (non-hydrogen) atoms. The highest BCUT2D eigenvalue weighted by Gasteiger charge is 2.16. The van der Waals surface area contributed by atoms with E-state index in [0.29, 0.717) is 10.6 Å². The van der Waals surface area contributed by atoms with Crippen molar-refractivity contribution in [2.75, 3.05) is 5.32 Å². The minimum atomic E-state index is -0.233. The number of carbonyl (C=O) groups is 1. The quantitative estimate of drug-likeness (QED) is 0.312. The zero-order valence-corrected chi connectivity index (χ0v) is 18.0. The molecule has 134 valence electrons. The van der Waals surface area contributed by atoms with Gasteiger partial charge in [-0.3, -0.25) is 4.79 Å². The van der Waals surface area contributed by atoms with Gasteiger partial charge in [0.25, 0.3) is 5.91 Å². The van der Waals surface area contributed by atoms with E-state index in [1.165, 1.54) is 0 Å². The number of hydrogen-bond donors (Lipinski definition) is 1. The van der Waals surface area contributed by atoms with Crippen LogP contribution in [0.1, 0.15) is 15.9 Å². The van der Waals surface area contributed by atoms with Crippen molar-refractivity contribution in [3.63, 3.8) is 0 Å². The molecule has 6 heteroatoms. The Morgan fingerprint density at radius 2 is 1.93 bits per heavy atom. The maximum absolute atomic E-state index is 12.8. The van der Waals surface area contributed by atoms with Crippen LogP contribution in [0, 0.1) is 10.5 Å². The third-order valence-electron chi connectivity index (χ3n) is 4.12. The van der Waals surface area contributed by atoms with Crippen LogP contribution in [0.15, 0.2) is 60.7 Å². The molecule has 0 spiro atoms. The number of fused-ring (bicyclic) bond motifs is 1. The number of hydrogen-bond acceptors (Lipinski definition) is 3. The van der Waals surface area contributed by atoms with Gasteiger partial charge in [-0.1, -0.05) is 29.8 Å². The molecule has 1 heterocycles. The Balaban J connectivity index is 1.74. The summed E-state index contributed by atoms with van der Waals surface area (Å²) in [4.78, 5) is 17.5. The summed E-state index contributed by atoms with van der Waals surface area (Å²) in [5.74, 6) is -0.233. The molecule has 0 aliphatic carbocycles. The van der Waals surface area contributed by atoms with E-state index >= 15 is 0 Å². The standard InChI is InChI=1S/C21H14ClIN2OS/c1-12-6-8-14(16(22)10-12)20(26)24-17-9-7-13(23)11-15(17)21-25-18-4-2-3-5-19(18)27-21/h2-11H,1H3,(H,24,26). The maximum Gasteiger partial charge on any atom is 0.257 e. The van der Waals surface area contributed by atoms with Crippen molar-refractivity contribution < 1.29 is 4.79 Å². The van der Waals surface area contributed by atoms with Gasteiger partial charge < -0.3 is 5.32 Å². The van der Waals surface area contributed by atoms with Gasteiger partial charge in [-0.25, -0.2) is 4.98 Å². The summed E-state index contributed by atoms with van der Waals surface area (Å²) in [6.07, 6.45) is 0. The van der Waals surface area contributed by atoms with Gasteiger partial charge in [0.2, 0.25) is 0 Å². The molecule has 0 fully saturated rings. The van der Waals surface area contributed by atoms with Crippen LogP contribution in [0.4, 0.5) is 5.69 Å². The third-order valence-corrected chi connectivity index (χ3v) is 6.18. The van der Waals surface area contributed by atoms with Gasteiger partial charge >= 0.3 is 0 Å². The van der Waals surface area contributed by atoms with Crippen molar-refractivity contribution in [1.29, 1.82) is 0 Å². The van der Waals surface area contributed by atoms with E-state index in [9.17, 15) is 4.79 Å². The first-order valence-electron chi connectivity index (χ1n) is 8.24. The van der Waals surface area contributed by atoms with Crippen LogP contribution in [0.2, 0.25) is 5.02 Å². The number of aryl methyl sites for hydroxylation is 1. The fourth-order valence-electron chi connectivity index (χ4n) is 2.78. The number of nitrogens with zero attached hydrogens (tertiary/aromatic N) is 1. The zero-order valence-electron chi connectivity index (χ0n) is 14.3. The van der Waals surface area contributed by atoms with Crippen LogP contribution in [0.25, 0.3) is 20.8 Å². The number of nitrogens with one attached hydrogen (secondary N) is 1. The van der Waals surface area contributed by atoms with Crippen molar-refractivity contribution >= 4 is 67.3 Å². The Kier molecular flexibility index (Phi) is 5.16. The second-order valence-electron chi connectivity index (χ2n) is 6.11. The Morgan fingerprint density at radius 1 is 1.11 bits per heavy atom. The molecule has 0 aliphatic heterocycles. The van der Waals surface area contributed by atoms with E-state index in [1.54, 1.807) is 23.5 Å². The average molecular weight is 505 g/mol. The zero-order chi connectivity index (χ0) is 19.0. The summed E-state index contributed by atoms with van der Waals surface area (Å²) in [6.45, 7) is 1.94. The van der Waals surface area contributed by atoms with E-state index < -0.39 is 0 Å². The summed E-state index contributed by atoms with van der Waals surface area (Å²) in [6, 6.07) is 19.3. The molecule has 3 nitrogen and oxygen atoms in total. The summed E-state index contributed by atoms with van der Waals surface area (Å²) in [5, 5.41) is 4.32. The lowest BCUT2D eigenvalue weighted by atomic mass is 10.1. The van der Waals surface area contributed by atoms with E-state index in [0.717, 1.165) is 35.6 Å². The first-order valence-corrected chi connectivity index (χ1v) is 10.5. The van der Waals surface area contributed by atoms with Crippen LogP contribution in [-0.2, 0) is 0 Å². The highest BCUT2D eigenvalue weighted by molar-refractivity contribution is 14.1. The van der Waals surface area contributed by atoms with Gasteiger partial charge in [-0.2, -0.15) is 0 Å². The normalized spacial score (nSPS) is 10.9. The second kappa shape index (κ2) is 7.58. The number of halogens is 2. The molecule has 1 amide bonds. The van der Waals surface area contributed by atoms with Gasteiger partial charge in [0.15, 0.2) is 0 Å². The van der Waals surface area contributed by atoms with E-state index in [2.05, 4.69) is 34.0 Å². The third kappa shape index (κ3) is 3.85. The van der Waals surface area contributed by atoms with E-state index in [1.807, 2.05) is 49.4 Å². The van der Waals surface area contributed by atoms with Crippen molar-refractivity contribution in [3.8, 4) is 10.6 Å². The Labute approximate surface area is 179 Å². The minimum absolute atomic E-state index is 0.233. The molecule has 4 aromatic rings. The predicted octanol–water partition coefficient (Wildman–Crippen LogP) is 6.78. The lowest BCUT2D eigenvalue weighted by molar-refractivity contribution is 0.102. The fourth-order valence-corrected chi connectivity index (χ4v) is 4.59. The first kappa shape index (κ1) is 18.4. The van der Waals surface area contributed by atoms with Crippen LogP contribution in [0.3, 0.4) is 0 Å². The van der Waals surface area contributed by atoms with Crippen LogP contribution >= 0.6 is 45.5 Å². The molecular weight excluding hydrogens is 491 g/mol. The predicted molar refractivity (Wildman–Crippen MR) is 122 cm³/mol. The molecule has 0 unspecified atom stereocenters. The number of amides is 1. The highest BCUT2D eigenvalue weighted by Crippen LogP contribution is 2.36. The van der Waals surface area contributed by atoms with Gasteiger partial charge in [-0.15, -0.1) is 11.3 Å². The van der Waals surface area contributed by atoms with E-state index in [4.69, 9.17) is 16.6 Å². The lowest BCUT2D eigenvalue weighted by Gasteiger charge is -2.11. The first-order chi connectivity index (χ1) is 13.0. The topological polar surface area (TPSA) is 42.0 Å². The number of thiazole rings is 1. The number of rotatable bonds is 3. The lowest BCUT2D eigenvalue weighted by Crippen LogP contribution is -2.13. The van der Waals surface area contributed by atoms with Gasteiger partial charge in [0, 0.05) is 9.13 Å². The van der Waals surface area contributed by atoms with Crippen LogP contribution in [-0.4, -0.2) is 10.9 Å². The van der Waals surface area contributed by atoms with Crippen LogP contribution in [0.5, 0.6) is 0 Å². The molecule has 0 saturated heterocycles. The Bertz CT molecular complexity index is 1140. The smallest absolute Gasteiger partial charge is 0.257 e. The van der Waals surface area contributed by atoms with Crippen LogP contribution < -0.4 is 5.32 Å². The highest BCUT2D eigenvalue weighted by atomic mass is 127. The molecule has 1 aromatic heterocycles. The molecule has 0 saturated carbocycles. The fraction of sp³-hybridized carbons (Fsp3) is 0.0476. The summed E-state index contributed by atoms with van der Waals surface area (Å²) >= 11 is 10.1. The number of anilines is 1. The monoisotopic (exact) mass is 504 g/mol. The number of para-hydroxylation sites is 1. The molecule has 0 aliphatic rings. The minimum Gasteiger partial charge on any atom is -0.321 e. The van der Waals surface area contributed by atoms with Crippen molar-refractivity contribution in [2.45, 2.75) is 6.92 Å². The van der Waals surface area contributed by atoms with Crippen molar-refractivity contribution in [3.05, 3.63) is 80.4 Å². The molecule has 3 aromatic carbocycles. The molecule has 0 radical (unpaired) electrons.